The average Bonchev–Trinajstić information content (AvgIpc) is 2.76. The quantitative estimate of drug-likeness (QED) is 0.0437. The molecule has 0 unspecified atom stereocenters. The van der Waals surface area contributed by atoms with Crippen molar-refractivity contribution >= 4 is 47.9 Å². The van der Waals surface area contributed by atoms with Crippen molar-refractivity contribution in [3.05, 3.63) is 0 Å². The molecule has 0 spiro atoms. The molecule has 0 aromatic carbocycles. The molecule has 0 saturated carbocycles. The van der Waals surface area contributed by atoms with E-state index in [-0.39, 0.29) is 31.9 Å². The Morgan fingerprint density at radius 1 is 0.857 bits per heavy atom. The van der Waals surface area contributed by atoms with Gasteiger partial charge in [-0.15, -0.1) is 0 Å². The van der Waals surface area contributed by atoms with Crippen LogP contribution in [0.25, 0.3) is 0 Å². The molecule has 18 heteroatoms. The highest BCUT2D eigenvalue weighted by atomic mass is 16.3. The first-order chi connectivity index (χ1) is 16.4. The maximum Gasteiger partial charge on any atom is 0.322 e. The normalized spacial score (nSPS) is 12.6. The fourth-order valence-electron chi connectivity index (χ4n) is 2.40. The number of carbonyl (C=O) groups is 7. The van der Waals surface area contributed by atoms with Gasteiger partial charge in [-0.2, -0.15) is 0 Å². The van der Waals surface area contributed by atoms with E-state index in [4.69, 9.17) is 22.9 Å². The number of aliphatic hydroxyl groups is 1. The van der Waals surface area contributed by atoms with Crippen molar-refractivity contribution in [3.8, 4) is 0 Å². The zero-order valence-corrected chi connectivity index (χ0v) is 18.6. The lowest BCUT2D eigenvalue weighted by molar-refractivity contribution is -0.130. The number of guanidine groups is 1. The number of carbonyl (C=O) groups excluding carboxylic acids is 7. The van der Waals surface area contributed by atoms with Gasteiger partial charge in [-0.05, 0) is 12.8 Å². The first-order valence-corrected chi connectivity index (χ1v) is 10.0. The van der Waals surface area contributed by atoms with Gasteiger partial charge >= 0.3 is 12.1 Å². The average molecular weight is 502 g/mol. The fourth-order valence-corrected chi connectivity index (χ4v) is 2.40. The lowest BCUT2D eigenvalue weighted by Crippen LogP contribution is -2.58. The Balaban J connectivity index is 5.27. The third-order valence-electron chi connectivity index (χ3n) is 4.02. The van der Waals surface area contributed by atoms with Crippen LogP contribution in [-0.4, -0.2) is 90.9 Å². The minimum absolute atomic E-state index is 0.0707. The molecule has 196 valence electrons. The predicted molar refractivity (Wildman–Crippen MR) is 119 cm³/mol. The molecule has 35 heavy (non-hydrogen) atoms. The van der Waals surface area contributed by atoms with Crippen molar-refractivity contribution in [2.45, 2.75) is 37.4 Å². The van der Waals surface area contributed by atoms with E-state index in [0.29, 0.717) is 6.29 Å². The number of hydrogen-bond acceptors (Lipinski definition) is 9. The first-order valence-electron chi connectivity index (χ1n) is 10.0. The van der Waals surface area contributed by atoms with Crippen LogP contribution in [0.3, 0.4) is 0 Å². The minimum atomic E-state index is -1.57. The number of aliphatic imine (C=N–C) groups is 1. The molecular formula is C17H30N10O8. The van der Waals surface area contributed by atoms with E-state index in [2.05, 4.69) is 20.9 Å². The van der Waals surface area contributed by atoms with Crippen LogP contribution >= 0.6 is 0 Å². The molecule has 8 amide bonds. The standard InChI is InChI=1S/C17H30N10O8/c18-11(30)6-9(12(19)31)24-13(32)8(2-1-3-22-15(20)21)25-17(35)27-14(33)10(7-29)26-16(34)23-4-5-28/h5,8-10,29H,1-4,6-7H2,(H2,18,30)(H2,19,31)(H,24,32)(H4,20,21,22)(H2,23,26,34)(H2,25,27,33,35)/t8-,9-,10-/m0/s1. The molecule has 0 aromatic heterocycles. The van der Waals surface area contributed by atoms with Crippen LogP contribution in [0.2, 0.25) is 0 Å². The summed E-state index contributed by atoms with van der Waals surface area (Å²) < 4.78 is 0. The Hall–Kier alpha value is -4.48. The molecule has 0 saturated heterocycles. The number of urea groups is 2. The van der Waals surface area contributed by atoms with Gasteiger partial charge in [-0.25, -0.2) is 9.59 Å². The summed E-state index contributed by atoms with van der Waals surface area (Å²) in [6.45, 7) is -1.18. The molecule has 0 aromatic rings. The SMILES string of the molecule is NC(=O)C[C@H](NC(=O)[C@H](CCCN=C(N)N)NC(=O)NC(=O)[C@H](CO)NC(=O)NCC=O)C(N)=O. The van der Waals surface area contributed by atoms with Crippen LogP contribution in [0.15, 0.2) is 4.99 Å². The van der Waals surface area contributed by atoms with Crippen LogP contribution in [0.5, 0.6) is 0 Å². The zero-order chi connectivity index (χ0) is 27.0. The molecule has 18 nitrogen and oxygen atoms in total. The zero-order valence-electron chi connectivity index (χ0n) is 18.6. The summed E-state index contributed by atoms with van der Waals surface area (Å²) in [7, 11) is 0. The van der Waals surface area contributed by atoms with Crippen molar-refractivity contribution < 1.29 is 38.7 Å². The van der Waals surface area contributed by atoms with E-state index in [0.717, 1.165) is 0 Å². The maximum absolute atomic E-state index is 12.6. The highest BCUT2D eigenvalue weighted by Crippen LogP contribution is 2.01. The second-order valence-electron chi connectivity index (χ2n) is 6.85. The highest BCUT2D eigenvalue weighted by molar-refractivity contribution is 6.00. The van der Waals surface area contributed by atoms with E-state index in [1.165, 1.54) is 0 Å². The van der Waals surface area contributed by atoms with Crippen molar-refractivity contribution in [3.63, 3.8) is 0 Å². The number of aldehydes is 1. The Labute approximate surface area is 199 Å². The molecule has 0 heterocycles. The van der Waals surface area contributed by atoms with Crippen LogP contribution in [0.4, 0.5) is 9.59 Å². The Bertz CT molecular complexity index is 830. The molecule has 0 bridgehead atoms. The second-order valence-corrected chi connectivity index (χ2v) is 6.85. The number of primary amides is 2. The van der Waals surface area contributed by atoms with E-state index in [9.17, 15) is 38.7 Å². The molecule has 14 N–H and O–H groups in total. The van der Waals surface area contributed by atoms with Gasteiger partial charge in [0.15, 0.2) is 5.96 Å². The van der Waals surface area contributed by atoms with E-state index < -0.39 is 66.8 Å². The van der Waals surface area contributed by atoms with Crippen molar-refractivity contribution in [2.24, 2.45) is 27.9 Å². The molecule has 3 atom stereocenters. The minimum Gasteiger partial charge on any atom is -0.394 e. The first kappa shape index (κ1) is 30.5. The fraction of sp³-hybridized carbons (Fsp3) is 0.529. The van der Waals surface area contributed by atoms with Crippen LogP contribution < -0.4 is 49.5 Å². The Kier molecular flexibility index (Phi) is 14.1. The van der Waals surface area contributed by atoms with Crippen LogP contribution in [0.1, 0.15) is 19.3 Å². The van der Waals surface area contributed by atoms with Crippen molar-refractivity contribution in [1.29, 1.82) is 0 Å². The summed E-state index contributed by atoms with van der Waals surface area (Å²) in [6, 6.07) is -6.55. The third-order valence-corrected chi connectivity index (χ3v) is 4.02. The van der Waals surface area contributed by atoms with Gasteiger partial charge in [-0.3, -0.25) is 29.5 Å². The smallest absolute Gasteiger partial charge is 0.322 e. The largest absolute Gasteiger partial charge is 0.394 e. The number of nitrogens with one attached hydrogen (secondary N) is 5. The Morgan fingerprint density at radius 3 is 2.00 bits per heavy atom. The van der Waals surface area contributed by atoms with Gasteiger partial charge in [0, 0.05) is 6.54 Å². The summed E-state index contributed by atoms with van der Waals surface area (Å²) in [5.41, 5.74) is 20.6. The van der Waals surface area contributed by atoms with Gasteiger partial charge in [-0.1, -0.05) is 0 Å². The van der Waals surface area contributed by atoms with Crippen molar-refractivity contribution in [2.75, 3.05) is 19.7 Å². The lowest BCUT2D eigenvalue weighted by atomic mass is 10.1. The number of nitrogens with zero attached hydrogens (tertiary/aromatic N) is 1. The topological polar surface area (TPSA) is 316 Å². The van der Waals surface area contributed by atoms with Gasteiger partial charge in [0.25, 0.3) is 5.91 Å². The number of rotatable bonds is 15. The number of aliphatic hydroxyl groups excluding tert-OH is 1. The summed E-state index contributed by atoms with van der Waals surface area (Å²) >= 11 is 0. The lowest BCUT2D eigenvalue weighted by Gasteiger charge is -2.22. The van der Waals surface area contributed by atoms with Crippen molar-refractivity contribution in [1.82, 2.24) is 26.6 Å². The molecule has 0 fully saturated rings. The van der Waals surface area contributed by atoms with Gasteiger partial charge in [0.2, 0.25) is 17.7 Å². The summed E-state index contributed by atoms with van der Waals surface area (Å²) in [4.78, 5) is 85.1. The number of nitrogens with two attached hydrogens (primary N) is 4. The van der Waals surface area contributed by atoms with Gasteiger partial charge < -0.3 is 54.1 Å². The molecular weight excluding hydrogens is 472 g/mol. The van der Waals surface area contributed by atoms with E-state index >= 15 is 0 Å². The summed E-state index contributed by atoms with van der Waals surface area (Å²) in [6.07, 6.45) is -0.130. The van der Waals surface area contributed by atoms with Gasteiger partial charge in [0.05, 0.1) is 19.6 Å². The Morgan fingerprint density at radius 2 is 1.49 bits per heavy atom. The van der Waals surface area contributed by atoms with Crippen LogP contribution in [-0.2, 0) is 24.0 Å². The van der Waals surface area contributed by atoms with E-state index in [1.807, 2.05) is 10.6 Å². The molecule has 0 aliphatic carbocycles. The number of imide groups is 1. The maximum atomic E-state index is 12.6. The predicted octanol–water partition coefficient (Wildman–Crippen LogP) is -6.06. The molecule has 0 radical (unpaired) electrons. The summed E-state index contributed by atoms with van der Waals surface area (Å²) in [5, 5.41) is 19.6. The number of hydrogen-bond donors (Lipinski definition) is 10. The number of amides is 8. The monoisotopic (exact) mass is 502 g/mol. The van der Waals surface area contributed by atoms with Crippen LogP contribution in [0, 0.1) is 0 Å². The molecule has 0 aliphatic heterocycles. The molecule has 0 rings (SSSR count). The third kappa shape index (κ3) is 13.6. The van der Waals surface area contributed by atoms with E-state index in [1.54, 1.807) is 0 Å². The molecule has 0 aliphatic rings. The summed E-state index contributed by atoms with van der Waals surface area (Å²) in [5.74, 6) is -4.27. The van der Waals surface area contributed by atoms with Gasteiger partial charge in [0.1, 0.15) is 24.4 Å². The highest BCUT2D eigenvalue weighted by Gasteiger charge is 2.28. The second kappa shape index (κ2) is 16.2.